The summed E-state index contributed by atoms with van der Waals surface area (Å²) < 4.78 is 11.1. The van der Waals surface area contributed by atoms with E-state index < -0.39 is 6.10 Å². The Hall–Kier alpha value is -3.47. The molecule has 0 aliphatic heterocycles. The number of carbonyl (C=O) groups is 1. The molecule has 4 heteroatoms. The summed E-state index contributed by atoms with van der Waals surface area (Å²) in [5.74, 6) is -0.231. The highest BCUT2D eigenvalue weighted by molar-refractivity contribution is 5.69. The lowest BCUT2D eigenvalue weighted by Gasteiger charge is -2.15. The highest BCUT2D eigenvalue weighted by Gasteiger charge is 2.13. The van der Waals surface area contributed by atoms with Gasteiger partial charge in [-0.2, -0.15) is 0 Å². The van der Waals surface area contributed by atoms with E-state index in [0.29, 0.717) is 13.0 Å². The van der Waals surface area contributed by atoms with Crippen molar-refractivity contribution < 1.29 is 19.4 Å². The van der Waals surface area contributed by atoms with Crippen LogP contribution in [-0.2, 0) is 14.3 Å². The van der Waals surface area contributed by atoms with Crippen molar-refractivity contribution in [3.05, 3.63) is 134 Å². The minimum absolute atomic E-state index is 0.203. The van der Waals surface area contributed by atoms with Crippen LogP contribution in [0.3, 0.4) is 0 Å². The summed E-state index contributed by atoms with van der Waals surface area (Å²) >= 11 is 0. The predicted octanol–water partition coefficient (Wildman–Crippen LogP) is 15.4. The lowest BCUT2D eigenvalue weighted by molar-refractivity contribution is -0.154. The molecule has 320 valence electrons. The number of carbonyl (C=O) groups excluding carboxylic acids is 1. The fraction of sp³-hybridized carbons (Fsp3) is 0.566. The zero-order chi connectivity index (χ0) is 41.2. The number of hydrogen-bond acceptors (Lipinski definition) is 4. The molecule has 0 saturated heterocycles. The number of hydrogen-bond donors (Lipinski definition) is 1. The monoisotopic (exact) mass is 785 g/mol. The molecule has 0 heterocycles. The van der Waals surface area contributed by atoms with Gasteiger partial charge >= 0.3 is 5.97 Å². The molecule has 0 fully saturated rings. The quantitative estimate of drug-likeness (QED) is 0.0382. The third kappa shape index (κ3) is 46.8. The molecule has 1 unspecified atom stereocenters. The molecule has 0 amide bonds. The fourth-order valence-electron chi connectivity index (χ4n) is 5.65. The van der Waals surface area contributed by atoms with E-state index in [4.69, 9.17) is 9.47 Å². The van der Waals surface area contributed by atoms with Crippen molar-refractivity contribution in [2.24, 2.45) is 0 Å². The Morgan fingerprint density at radius 2 is 0.737 bits per heavy atom. The van der Waals surface area contributed by atoms with Crippen molar-refractivity contribution in [3.63, 3.8) is 0 Å². The van der Waals surface area contributed by atoms with E-state index >= 15 is 0 Å². The van der Waals surface area contributed by atoms with Crippen molar-refractivity contribution in [1.82, 2.24) is 0 Å². The number of unbranched alkanes of at least 4 members (excludes halogenated alkanes) is 10. The van der Waals surface area contributed by atoms with Gasteiger partial charge in [0.2, 0.25) is 0 Å². The van der Waals surface area contributed by atoms with Crippen LogP contribution in [0.2, 0.25) is 0 Å². The molecule has 0 radical (unpaired) electrons. The van der Waals surface area contributed by atoms with E-state index in [0.717, 1.165) is 109 Å². The molecule has 0 aromatic rings. The molecular formula is C53H84O4. The van der Waals surface area contributed by atoms with Crippen LogP contribution in [0.25, 0.3) is 0 Å². The van der Waals surface area contributed by atoms with Gasteiger partial charge in [0, 0.05) is 13.0 Å². The van der Waals surface area contributed by atoms with Crippen molar-refractivity contribution in [2.75, 3.05) is 19.8 Å². The van der Waals surface area contributed by atoms with Gasteiger partial charge in [0.25, 0.3) is 0 Å². The van der Waals surface area contributed by atoms with Crippen LogP contribution >= 0.6 is 0 Å². The number of allylic oxidation sites excluding steroid dienone is 22. The van der Waals surface area contributed by atoms with Gasteiger partial charge in [-0.3, -0.25) is 4.79 Å². The van der Waals surface area contributed by atoms with Gasteiger partial charge < -0.3 is 14.6 Å². The Balaban J connectivity index is 3.61. The fourth-order valence-corrected chi connectivity index (χ4v) is 5.65. The third-order valence-corrected chi connectivity index (χ3v) is 8.97. The van der Waals surface area contributed by atoms with E-state index in [2.05, 4.69) is 148 Å². The normalized spacial score (nSPS) is 13.7. The van der Waals surface area contributed by atoms with Gasteiger partial charge in [-0.05, 0) is 109 Å². The van der Waals surface area contributed by atoms with E-state index in [1.54, 1.807) is 0 Å². The van der Waals surface area contributed by atoms with Gasteiger partial charge in [-0.1, -0.05) is 186 Å². The highest BCUT2D eigenvalue weighted by atomic mass is 16.6. The molecule has 0 aliphatic carbocycles. The average Bonchev–Trinajstić information content (AvgIpc) is 3.22. The molecule has 0 aliphatic rings. The summed E-state index contributed by atoms with van der Waals surface area (Å²) in [6.45, 7) is 4.98. The summed E-state index contributed by atoms with van der Waals surface area (Å²) in [6.07, 6.45) is 73.8. The molecule has 0 saturated carbocycles. The Morgan fingerprint density at radius 3 is 1.11 bits per heavy atom. The maximum absolute atomic E-state index is 12.2. The molecule has 4 nitrogen and oxygen atoms in total. The second-order valence-electron chi connectivity index (χ2n) is 14.4. The van der Waals surface area contributed by atoms with Crippen LogP contribution < -0.4 is 0 Å². The molecule has 0 bridgehead atoms. The zero-order valence-corrected chi connectivity index (χ0v) is 36.5. The summed E-state index contributed by atoms with van der Waals surface area (Å²) in [7, 11) is 0. The zero-order valence-electron chi connectivity index (χ0n) is 36.5. The van der Waals surface area contributed by atoms with E-state index in [9.17, 15) is 9.90 Å². The molecule has 0 rings (SSSR count). The first-order valence-corrected chi connectivity index (χ1v) is 22.8. The van der Waals surface area contributed by atoms with Crippen LogP contribution in [0, 0.1) is 0 Å². The minimum atomic E-state index is -0.574. The van der Waals surface area contributed by atoms with Gasteiger partial charge in [0.1, 0.15) is 6.10 Å². The smallest absolute Gasteiger partial charge is 0.306 e. The third-order valence-electron chi connectivity index (χ3n) is 8.97. The van der Waals surface area contributed by atoms with Crippen LogP contribution in [0.1, 0.15) is 168 Å². The van der Waals surface area contributed by atoms with E-state index in [-0.39, 0.29) is 19.2 Å². The number of ether oxygens (including phenoxy) is 2. The maximum atomic E-state index is 12.2. The van der Waals surface area contributed by atoms with Gasteiger partial charge in [0.05, 0.1) is 13.2 Å². The first-order valence-electron chi connectivity index (χ1n) is 22.8. The number of rotatable bonds is 40. The summed E-state index contributed by atoms with van der Waals surface area (Å²) in [6, 6.07) is 0. The Kier molecular flexibility index (Phi) is 45.7. The molecule has 0 spiro atoms. The van der Waals surface area contributed by atoms with Crippen LogP contribution in [0.4, 0.5) is 0 Å². The predicted molar refractivity (Wildman–Crippen MR) is 250 cm³/mol. The molecule has 57 heavy (non-hydrogen) atoms. The van der Waals surface area contributed by atoms with Crippen molar-refractivity contribution in [1.29, 1.82) is 0 Å². The number of aliphatic hydroxyl groups excluding tert-OH is 1. The summed E-state index contributed by atoms with van der Waals surface area (Å²) in [5, 5.41) is 9.62. The highest BCUT2D eigenvalue weighted by Crippen LogP contribution is 2.12. The lowest BCUT2D eigenvalue weighted by Crippen LogP contribution is -2.27. The molecule has 1 N–H and O–H groups in total. The van der Waals surface area contributed by atoms with E-state index in [1.165, 1.54) is 38.5 Å². The van der Waals surface area contributed by atoms with Crippen LogP contribution in [-0.4, -0.2) is 37.0 Å². The Labute approximate surface area is 351 Å². The van der Waals surface area contributed by atoms with E-state index in [1.807, 2.05) is 0 Å². The largest absolute Gasteiger partial charge is 0.457 e. The maximum Gasteiger partial charge on any atom is 0.306 e. The van der Waals surface area contributed by atoms with Crippen molar-refractivity contribution in [2.45, 2.75) is 174 Å². The van der Waals surface area contributed by atoms with Crippen LogP contribution in [0.15, 0.2) is 134 Å². The molecule has 0 aromatic heterocycles. The van der Waals surface area contributed by atoms with Crippen molar-refractivity contribution in [3.8, 4) is 0 Å². The molecule has 1 atom stereocenters. The van der Waals surface area contributed by atoms with Crippen molar-refractivity contribution >= 4 is 5.97 Å². The standard InChI is InChI=1S/C53H84O4/c1-3-5-7-9-11-13-15-17-19-21-23-25-26-27-29-31-33-35-37-39-41-43-45-47-49-56-51-52(50-54)57-53(55)48-46-44-42-40-38-36-34-32-30-28-24-22-20-18-16-14-12-10-8-6-4-2/h5-8,11-14,17-20,23-25,27-29,33,35,39,41,52,54H,3-4,9-10,15-16,21-22,26,30-32,34,36-38,40,42-51H2,1-2H3/b7-5-,8-6-,13-11-,14-12-,19-17-,20-18-,25-23-,28-24-,29-27-,35-33-,41-39-. The second-order valence-corrected chi connectivity index (χ2v) is 14.4. The first-order chi connectivity index (χ1) is 28.2. The minimum Gasteiger partial charge on any atom is -0.457 e. The summed E-state index contributed by atoms with van der Waals surface area (Å²) in [4.78, 5) is 12.2. The van der Waals surface area contributed by atoms with Gasteiger partial charge in [0.15, 0.2) is 0 Å². The first kappa shape index (κ1) is 53.5. The average molecular weight is 785 g/mol. The Morgan fingerprint density at radius 1 is 0.421 bits per heavy atom. The number of aliphatic hydroxyl groups is 1. The molecule has 0 aromatic carbocycles. The van der Waals surface area contributed by atoms with Gasteiger partial charge in [-0.15, -0.1) is 0 Å². The second kappa shape index (κ2) is 48.7. The summed E-state index contributed by atoms with van der Waals surface area (Å²) in [5.41, 5.74) is 0. The Bertz CT molecular complexity index is 1190. The lowest BCUT2D eigenvalue weighted by atomic mass is 10.1. The SMILES string of the molecule is CC/C=C\C/C=C\C/C=C\C/C=C\C/C=C\C/C=C\C/C=C\CCCCOCC(CO)OC(=O)CCCCCCCCCC/C=C\C/C=C\C/C=C\C/C=C\CC. The van der Waals surface area contributed by atoms with Crippen LogP contribution in [0.5, 0.6) is 0 Å². The van der Waals surface area contributed by atoms with Gasteiger partial charge in [-0.25, -0.2) is 0 Å². The number of esters is 1. The topological polar surface area (TPSA) is 55.8 Å². The molecular weight excluding hydrogens is 701 g/mol.